The van der Waals surface area contributed by atoms with Gasteiger partial charge in [0, 0.05) is 59.4 Å². The predicted octanol–water partition coefficient (Wildman–Crippen LogP) is 5.47. The van der Waals surface area contributed by atoms with Gasteiger partial charge in [-0.2, -0.15) is 0 Å². The van der Waals surface area contributed by atoms with Crippen molar-refractivity contribution >= 4 is 11.3 Å². The van der Waals surface area contributed by atoms with Gasteiger partial charge < -0.3 is 25.2 Å². The second-order valence-corrected chi connectivity index (χ2v) is 8.40. The number of allylic oxidation sites excluding steroid dienone is 1. The number of anilines is 1. The van der Waals surface area contributed by atoms with Crippen LogP contribution in [-0.2, 0) is 4.74 Å². The fraction of sp³-hybridized carbons (Fsp3) is 0.357. The van der Waals surface area contributed by atoms with Crippen molar-refractivity contribution in [3.8, 4) is 5.75 Å². The molecule has 0 aromatic heterocycles. The quantitative estimate of drug-likeness (QED) is 0.469. The van der Waals surface area contributed by atoms with Crippen LogP contribution in [0, 0.1) is 6.92 Å². The van der Waals surface area contributed by atoms with Gasteiger partial charge in [0.2, 0.25) is 0 Å². The summed E-state index contributed by atoms with van der Waals surface area (Å²) in [4.78, 5) is 0. The molecule has 5 heteroatoms. The van der Waals surface area contributed by atoms with E-state index in [1.165, 1.54) is 0 Å². The van der Waals surface area contributed by atoms with Gasteiger partial charge in [0.25, 0.3) is 0 Å². The molecule has 5 nitrogen and oxygen atoms in total. The number of likely N-dealkylation sites (N-methyl/N-ethyl adjacent to an activating group) is 1. The molecule has 1 heterocycles. The lowest BCUT2D eigenvalue weighted by Crippen LogP contribution is -2.29. The first-order valence-corrected chi connectivity index (χ1v) is 11.8. The molecule has 1 aliphatic heterocycles. The van der Waals surface area contributed by atoms with Crippen molar-refractivity contribution in [3.05, 3.63) is 87.6 Å². The lowest BCUT2D eigenvalue weighted by Gasteiger charge is -2.34. The van der Waals surface area contributed by atoms with Gasteiger partial charge in [-0.3, -0.25) is 0 Å². The largest absolute Gasteiger partial charge is 0.481 e. The SMILES string of the molecule is CCNC1=CC2Oc3cc(NCC)c(C)cc3C(c3ccccc3C(O)OCC)=C2C=C1C. The first-order valence-electron chi connectivity index (χ1n) is 11.8. The summed E-state index contributed by atoms with van der Waals surface area (Å²) >= 11 is 0. The molecule has 2 aromatic rings. The van der Waals surface area contributed by atoms with E-state index >= 15 is 0 Å². The molecule has 0 spiro atoms. The van der Waals surface area contributed by atoms with Crippen molar-refractivity contribution in [2.75, 3.05) is 25.0 Å². The van der Waals surface area contributed by atoms with Crippen LogP contribution in [-0.4, -0.2) is 30.9 Å². The summed E-state index contributed by atoms with van der Waals surface area (Å²) in [7, 11) is 0. The first kappa shape index (κ1) is 23.1. The minimum absolute atomic E-state index is 0.222. The lowest BCUT2D eigenvalue weighted by atomic mass is 9.82. The Morgan fingerprint density at radius 2 is 1.79 bits per heavy atom. The number of hydrogen-bond acceptors (Lipinski definition) is 5. The van der Waals surface area contributed by atoms with Gasteiger partial charge in [0.1, 0.15) is 11.9 Å². The van der Waals surface area contributed by atoms with Gasteiger partial charge in [-0.05, 0) is 69.5 Å². The molecular formula is C28H34N2O3. The third-order valence-corrected chi connectivity index (χ3v) is 6.12. The minimum atomic E-state index is -0.993. The molecule has 4 rings (SSSR count). The molecule has 3 N–H and O–H groups in total. The van der Waals surface area contributed by atoms with Crippen molar-refractivity contribution in [2.45, 2.75) is 47.0 Å². The molecule has 2 unspecified atom stereocenters. The summed E-state index contributed by atoms with van der Waals surface area (Å²) in [5, 5.41) is 17.7. The van der Waals surface area contributed by atoms with Gasteiger partial charge in [-0.25, -0.2) is 0 Å². The lowest BCUT2D eigenvalue weighted by molar-refractivity contribution is -0.0981. The maximum Gasteiger partial charge on any atom is 0.181 e. The molecule has 174 valence electrons. The van der Waals surface area contributed by atoms with E-state index < -0.39 is 6.29 Å². The van der Waals surface area contributed by atoms with Crippen LogP contribution >= 0.6 is 0 Å². The molecule has 1 aliphatic carbocycles. The average Bonchev–Trinajstić information content (AvgIpc) is 2.80. The molecule has 0 saturated heterocycles. The fourth-order valence-electron chi connectivity index (χ4n) is 4.61. The van der Waals surface area contributed by atoms with Crippen LogP contribution in [0.1, 0.15) is 56.2 Å². The molecule has 0 radical (unpaired) electrons. The van der Waals surface area contributed by atoms with E-state index in [9.17, 15) is 5.11 Å². The van der Waals surface area contributed by atoms with Crippen LogP contribution in [0.5, 0.6) is 5.75 Å². The molecule has 2 aromatic carbocycles. The Balaban J connectivity index is 1.97. The topological polar surface area (TPSA) is 62.8 Å². The van der Waals surface area contributed by atoms with E-state index in [-0.39, 0.29) is 6.10 Å². The van der Waals surface area contributed by atoms with E-state index in [0.717, 1.165) is 69.2 Å². The van der Waals surface area contributed by atoms with E-state index in [4.69, 9.17) is 9.47 Å². The van der Waals surface area contributed by atoms with Crippen LogP contribution < -0.4 is 15.4 Å². The van der Waals surface area contributed by atoms with Crippen LogP contribution in [0.25, 0.3) is 5.57 Å². The summed E-state index contributed by atoms with van der Waals surface area (Å²) in [6.45, 7) is 12.4. The molecule has 2 aliphatic rings. The Bertz CT molecular complexity index is 1130. The Hall–Kier alpha value is -3.02. The number of aryl methyl sites for hydroxylation is 1. The van der Waals surface area contributed by atoms with E-state index in [2.05, 4.69) is 68.7 Å². The highest BCUT2D eigenvalue weighted by Crippen LogP contribution is 2.46. The monoisotopic (exact) mass is 446 g/mol. The highest BCUT2D eigenvalue weighted by molar-refractivity contribution is 5.91. The summed E-state index contributed by atoms with van der Waals surface area (Å²) in [5.74, 6) is 0.834. The second kappa shape index (κ2) is 9.86. The molecule has 0 bridgehead atoms. The third-order valence-electron chi connectivity index (χ3n) is 6.12. The maximum atomic E-state index is 10.8. The number of nitrogens with one attached hydrogen (secondary N) is 2. The standard InChI is InChI=1S/C28H34N2O3/c1-6-29-23-15-25-21(13-17(23)4)27(19-11-9-10-12-20(19)28(31)32-8-3)22-14-18(5)24(30-7-2)16-26(22)33-25/h9-16,25,28-31H,6-8H2,1-5H3. The average molecular weight is 447 g/mol. The molecule has 0 fully saturated rings. The number of rotatable bonds is 8. The summed E-state index contributed by atoms with van der Waals surface area (Å²) in [5.41, 5.74) is 9.39. The zero-order valence-electron chi connectivity index (χ0n) is 20.2. The second-order valence-electron chi connectivity index (χ2n) is 8.40. The number of aliphatic hydroxyl groups is 1. The number of benzene rings is 2. The highest BCUT2D eigenvalue weighted by atomic mass is 16.6. The summed E-state index contributed by atoms with van der Waals surface area (Å²) < 4.78 is 12.1. The number of aliphatic hydroxyl groups excluding tert-OH is 1. The van der Waals surface area contributed by atoms with Crippen molar-refractivity contribution in [1.29, 1.82) is 0 Å². The zero-order valence-corrected chi connectivity index (χ0v) is 20.2. The van der Waals surface area contributed by atoms with Crippen LogP contribution in [0.3, 0.4) is 0 Å². The normalized spacial score (nSPS) is 17.9. The fourth-order valence-corrected chi connectivity index (χ4v) is 4.61. The van der Waals surface area contributed by atoms with Gasteiger partial charge >= 0.3 is 0 Å². The Morgan fingerprint density at radius 3 is 2.52 bits per heavy atom. The molecule has 33 heavy (non-hydrogen) atoms. The highest BCUT2D eigenvalue weighted by Gasteiger charge is 2.32. The van der Waals surface area contributed by atoms with Crippen LogP contribution in [0.15, 0.2) is 65.4 Å². The van der Waals surface area contributed by atoms with Crippen LogP contribution in [0.2, 0.25) is 0 Å². The number of hydrogen-bond donors (Lipinski definition) is 3. The van der Waals surface area contributed by atoms with Crippen molar-refractivity contribution < 1.29 is 14.6 Å². The molecule has 0 amide bonds. The van der Waals surface area contributed by atoms with E-state index in [0.29, 0.717) is 6.61 Å². The van der Waals surface area contributed by atoms with E-state index in [1.807, 2.05) is 25.1 Å². The van der Waals surface area contributed by atoms with Crippen LogP contribution in [0.4, 0.5) is 5.69 Å². The zero-order chi connectivity index (χ0) is 23.5. The summed E-state index contributed by atoms with van der Waals surface area (Å²) in [6.07, 6.45) is 3.15. The minimum Gasteiger partial charge on any atom is -0.481 e. The Morgan fingerprint density at radius 1 is 1.03 bits per heavy atom. The van der Waals surface area contributed by atoms with Gasteiger partial charge in [0.05, 0.1) is 0 Å². The van der Waals surface area contributed by atoms with E-state index in [1.54, 1.807) is 0 Å². The third kappa shape index (κ3) is 4.43. The van der Waals surface area contributed by atoms with Gasteiger partial charge in [-0.15, -0.1) is 0 Å². The smallest absolute Gasteiger partial charge is 0.181 e. The summed E-state index contributed by atoms with van der Waals surface area (Å²) in [6, 6.07) is 12.2. The molecule has 0 saturated carbocycles. The van der Waals surface area contributed by atoms with Gasteiger partial charge in [0.15, 0.2) is 6.29 Å². The number of fused-ring (bicyclic) bond motifs is 2. The van der Waals surface area contributed by atoms with Crippen molar-refractivity contribution in [2.24, 2.45) is 0 Å². The number of ether oxygens (including phenoxy) is 2. The van der Waals surface area contributed by atoms with Crippen molar-refractivity contribution in [1.82, 2.24) is 5.32 Å². The Labute approximate surface area is 196 Å². The molecular weight excluding hydrogens is 412 g/mol. The predicted molar refractivity (Wildman–Crippen MR) is 134 cm³/mol. The van der Waals surface area contributed by atoms with Gasteiger partial charge in [-0.1, -0.05) is 24.3 Å². The molecule has 2 atom stereocenters. The first-order chi connectivity index (χ1) is 16.0. The Kier molecular flexibility index (Phi) is 6.91. The maximum absolute atomic E-state index is 10.8. The van der Waals surface area contributed by atoms with Crippen molar-refractivity contribution in [3.63, 3.8) is 0 Å².